The second kappa shape index (κ2) is 5.17. The molecule has 108 valence electrons. The monoisotopic (exact) mass is 282 g/mol. The molecule has 0 amide bonds. The molecular formula is C15H26N2OS. The van der Waals surface area contributed by atoms with Gasteiger partial charge in [0, 0.05) is 29.9 Å². The van der Waals surface area contributed by atoms with Gasteiger partial charge in [-0.05, 0) is 46.2 Å². The van der Waals surface area contributed by atoms with Gasteiger partial charge >= 0.3 is 0 Å². The van der Waals surface area contributed by atoms with Crippen LogP contribution in [0.1, 0.15) is 32.6 Å². The van der Waals surface area contributed by atoms with Crippen molar-refractivity contribution in [1.29, 1.82) is 0 Å². The first-order chi connectivity index (χ1) is 8.72. The van der Waals surface area contributed by atoms with Crippen LogP contribution in [0.3, 0.4) is 0 Å². The van der Waals surface area contributed by atoms with Gasteiger partial charge in [-0.15, -0.1) is 11.3 Å². The van der Waals surface area contributed by atoms with Crippen LogP contribution >= 0.6 is 11.3 Å². The maximum absolute atomic E-state index is 6.40. The van der Waals surface area contributed by atoms with E-state index in [1.54, 1.807) is 11.3 Å². The second-order valence-electron chi connectivity index (χ2n) is 6.72. The van der Waals surface area contributed by atoms with Crippen molar-refractivity contribution in [1.82, 2.24) is 4.90 Å². The van der Waals surface area contributed by atoms with E-state index in [9.17, 15) is 0 Å². The third-order valence-electron chi connectivity index (χ3n) is 4.17. The minimum absolute atomic E-state index is 0.0771. The first-order valence-corrected chi connectivity index (χ1v) is 7.77. The van der Waals surface area contributed by atoms with Crippen LogP contribution in [0.15, 0.2) is 17.5 Å². The van der Waals surface area contributed by atoms with E-state index < -0.39 is 0 Å². The van der Waals surface area contributed by atoms with Gasteiger partial charge in [-0.3, -0.25) is 0 Å². The zero-order valence-electron chi connectivity index (χ0n) is 12.6. The SMILES string of the molecule is CN(Cc1cccs1)CC1C(N)C(C)(C)OC1(C)C. The van der Waals surface area contributed by atoms with Gasteiger partial charge in [-0.2, -0.15) is 0 Å². The van der Waals surface area contributed by atoms with Crippen LogP contribution in [-0.4, -0.2) is 35.7 Å². The standard InChI is InChI=1S/C15H26N2OS/c1-14(2)12(13(16)15(3,4)18-14)10-17(5)9-11-7-6-8-19-11/h6-8,12-13H,9-10,16H2,1-5H3. The minimum atomic E-state index is -0.238. The summed E-state index contributed by atoms with van der Waals surface area (Å²) in [4.78, 5) is 3.75. The Bertz CT molecular complexity index is 414. The molecule has 1 aromatic rings. The van der Waals surface area contributed by atoms with Crippen molar-refractivity contribution in [2.24, 2.45) is 11.7 Å². The molecule has 0 saturated carbocycles. The van der Waals surface area contributed by atoms with Crippen molar-refractivity contribution < 1.29 is 4.74 Å². The molecule has 1 saturated heterocycles. The van der Waals surface area contributed by atoms with Crippen LogP contribution in [0.2, 0.25) is 0 Å². The molecule has 1 aliphatic heterocycles. The van der Waals surface area contributed by atoms with Crippen molar-refractivity contribution in [3.63, 3.8) is 0 Å². The predicted molar refractivity (Wildman–Crippen MR) is 81.4 cm³/mol. The van der Waals surface area contributed by atoms with Crippen LogP contribution in [0.5, 0.6) is 0 Å². The molecule has 0 aliphatic carbocycles. The Morgan fingerprint density at radius 2 is 2.00 bits per heavy atom. The summed E-state index contributed by atoms with van der Waals surface area (Å²) in [6.07, 6.45) is 0. The van der Waals surface area contributed by atoms with E-state index in [4.69, 9.17) is 10.5 Å². The minimum Gasteiger partial charge on any atom is -0.368 e. The fraction of sp³-hybridized carbons (Fsp3) is 0.733. The van der Waals surface area contributed by atoms with Crippen LogP contribution in [0.25, 0.3) is 0 Å². The van der Waals surface area contributed by atoms with Crippen molar-refractivity contribution >= 4 is 11.3 Å². The Morgan fingerprint density at radius 3 is 2.47 bits per heavy atom. The third kappa shape index (κ3) is 3.19. The highest BCUT2D eigenvalue weighted by Gasteiger charge is 2.52. The maximum Gasteiger partial charge on any atom is 0.0788 e. The normalized spacial score (nSPS) is 29.0. The zero-order chi connectivity index (χ0) is 14.3. The summed E-state index contributed by atoms with van der Waals surface area (Å²) >= 11 is 1.81. The summed E-state index contributed by atoms with van der Waals surface area (Å²) in [5.41, 5.74) is 6.01. The van der Waals surface area contributed by atoms with Gasteiger partial charge in [0.15, 0.2) is 0 Å². The molecule has 2 unspecified atom stereocenters. The lowest BCUT2D eigenvalue weighted by Gasteiger charge is -2.31. The van der Waals surface area contributed by atoms with E-state index >= 15 is 0 Å². The Balaban J connectivity index is 2.01. The number of thiophene rings is 1. The van der Waals surface area contributed by atoms with Gasteiger partial charge in [0.25, 0.3) is 0 Å². The number of ether oxygens (including phenoxy) is 1. The van der Waals surface area contributed by atoms with Gasteiger partial charge in [0.05, 0.1) is 11.2 Å². The molecule has 19 heavy (non-hydrogen) atoms. The topological polar surface area (TPSA) is 38.5 Å². The first kappa shape index (κ1) is 15.0. The summed E-state index contributed by atoms with van der Waals surface area (Å²) in [5, 5.41) is 2.13. The van der Waals surface area contributed by atoms with Gasteiger partial charge in [0.1, 0.15) is 0 Å². The second-order valence-corrected chi connectivity index (χ2v) is 7.75. The van der Waals surface area contributed by atoms with Crippen LogP contribution in [0.4, 0.5) is 0 Å². The van der Waals surface area contributed by atoms with E-state index in [0.29, 0.717) is 5.92 Å². The average Bonchev–Trinajstić information content (AvgIpc) is 2.80. The van der Waals surface area contributed by atoms with Gasteiger partial charge in [-0.1, -0.05) is 6.07 Å². The number of hydrogen-bond donors (Lipinski definition) is 1. The van der Waals surface area contributed by atoms with Crippen molar-refractivity contribution in [3.05, 3.63) is 22.4 Å². The molecular weight excluding hydrogens is 256 g/mol. The third-order valence-corrected chi connectivity index (χ3v) is 5.03. The fourth-order valence-corrected chi connectivity index (χ4v) is 3.92. The number of nitrogens with zero attached hydrogens (tertiary/aromatic N) is 1. The Hall–Kier alpha value is -0.420. The smallest absolute Gasteiger partial charge is 0.0788 e. The number of hydrogen-bond acceptors (Lipinski definition) is 4. The molecule has 0 aromatic carbocycles. The maximum atomic E-state index is 6.40. The molecule has 2 heterocycles. The highest BCUT2D eigenvalue weighted by atomic mass is 32.1. The fourth-order valence-electron chi connectivity index (χ4n) is 3.14. The Kier molecular flexibility index (Phi) is 4.07. The highest BCUT2D eigenvalue weighted by molar-refractivity contribution is 7.09. The molecule has 0 spiro atoms. The van der Waals surface area contributed by atoms with E-state index in [2.05, 4.69) is 57.2 Å². The molecule has 2 rings (SSSR count). The van der Waals surface area contributed by atoms with E-state index in [0.717, 1.165) is 13.1 Å². The van der Waals surface area contributed by atoms with Crippen LogP contribution in [0, 0.1) is 5.92 Å². The molecule has 1 aromatic heterocycles. The summed E-state index contributed by atoms with van der Waals surface area (Å²) in [5.74, 6) is 0.354. The highest BCUT2D eigenvalue weighted by Crippen LogP contribution is 2.41. The van der Waals surface area contributed by atoms with Gasteiger partial charge < -0.3 is 15.4 Å². The van der Waals surface area contributed by atoms with Crippen LogP contribution in [-0.2, 0) is 11.3 Å². The number of nitrogens with two attached hydrogens (primary N) is 1. The molecule has 0 radical (unpaired) electrons. The van der Waals surface area contributed by atoms with Crippen LogP contribution < -0.4 is 5.73 Å². The van der Waals surface area contributed by atoms with E-state index in [1.165, 1.54) is 4.88 Å². The first-order valence-electron chi connectivity index (χ1n) is 6.89. The quantitative estimate of drug-likeness (QED) is 0.923. The van der Waals surface area contributed by atoms with E-state index in [-0.39, 0.29) is 17.2 Å². The Morgan fingerprint density at radius 1 is 1.32 bits per heavy atom. The van der Waals surface area contributed by atoms with Crippen molar-refractivity contribution in [3.8, 4) is 0 Å². The molecule has 2 N–H and O–H groups in total. The molecule has 1 fully saturated rings. The zero-order valence-corrected chi connectivity index (χ0v) is 13.5. The van der Waals surface area contributed by atoms with Gasteiger partial charge in [0.2, 0.25) is 0 Å². The lowest BCUT2D eigenvalue weighted by atomic mass is 9.83. The van der Waals surface area contributed by atoms with E-state index in [1.807, 2.05) is 0 Å². The number of rotatable bonds is 4. The van der Waals surface area contributed by atoms with Crippen molar-refractivity contribution in [2.75, 3.05) is 13.6 Å². The molecule has 3 nitrogen and oxygen atoms in total. The predicted octanol–water partition coefficient (Wildman–Crippen LogP) is 2.71. The lowest BCUT2D eigenvalue weighted by molar-refractivity contribution is -0.0781. The molecule has 2 atom stereocenters. The summed E-state index contributed by atoms with van der Waals surface area (Å²) < 4.78 is 6.15. The van der Waals surface area contributed by atoms with Gasteiger partial charge in [-0.25, -0.2) is 0 Å². The molecule has 4 heteroatoms. The summed E-state index contributed by atoms with van der Waals surface area (Å²) in [7, 11) is 2.16. The molecule has 1 aliphatic rings. The lowest BCUT2D eigenvalue weighted by Crippen LogP contribution is -2.47. The summed E-state index contributed by atoms with van der Waals surface area (Å²) in [6, 6.07) is 4.36. The summed E-state index contributed by atoms with van der Waals surface area (Å²) in [6.45, 7) is 10.5. The van der Waals surface area contributed by atoms with Crippen molar-refractivity contribution in [2.45, 2.75) is 51.5 Å². The largest absolute Gasteiger partial charge is 0.368 e. The molecule has 0 bridgehead atoms. The average molecular weight is 282 g/mol. The Labute approximate surface area is 120 Å².